The van der Waals surface area contributed by atoms with E-state index >= 15 is 0 Å². The number of likely N-dealkylation sites (tertiary alicyclic amines) is 2. The third-order valence-electron chi connectivity index (χ3n) is 6.20. The molecule has 0 aromatic heterocycles. The molecule has 3 amide bonds. The zero-order valence-corrected chi connectivity index (χ0v) is 16.4. The Morgan fingerprint density at radius 1 is 1.19 bits per heavy atom. The van der Waals surface area contributed by atoms with Crippen LogP contribution in [0.1, 0.15) is 25.3 Å². The second-order valence-electron chi connectivity index (χ2n) is 7.87. The summed E-state index contributed by atoms with van der Waals surface area (Å²) < 4.78 is 5.42. The van der Waals surface area contributed by atoms with E-state index in [0.717, 1.165) is 45.4 Å². The minimum absolute atomic E-state index is 0.0190. The van der Waals surface area contributed by atoms with Gasteiger partial charge in [0.1, 0.15) is 0 Å². The van der Waals surface area contributed by atoms with Crippen LogP contribution in [0, 0.1) is 11.3 Å². The van der Waals surface area contributed by atoms with Crippen LogP contribution in [-0.4, -0.2) is 68.2 Å². The number of amides is 3. The quantitative estimate of drug-likeness (QED) is 0.860. The summed E-state index contributed by atoms with van der Waals surface area (Å²) in [5.74, 6) is 0.490. The summed E-state index contributed by atoms with van der Waals surface area (Å²) in [5.41, 5.74) is 1.32. The Labute approximate surface area is 161 Å². The monoisotopic (exact) mass is 373 g/mol. The van der Waals surface area contributed by atoms with Gasteiger partial charge >= 0.3 is 6.03 Å². The van der Waals surface area contributed by atoms with Gasteiger partial charge in [-0.2, -0.15) is 0 Å². The standard InChI is InChI=1S/C21H31N3O3/c1-17(25)24-14-19(15-27-2)21(16-24)9-12-23(13-10-21)20(26)22-11-8-18-6-4-3-5-7-18/h3-7,19H,8-16H2,1-2H3,(H,22,26). The van der Waals surface area contributed by atoms with Crippen LogP contribution in [0.4, 0.5) is 4.79 Å². The number of ether oxygens (including phenoxy) is 1. The van der Waals surface area contributed by atoms with Crippen molar-refractivity contribution in [3.8, 4) is 0 Å². The van der Waals surface area contributed by atoms with Gasteiger partial charge in [0, 0.05) is 52.7 Å². The maximum absolute atomic E-state index is 12.5. The molecule has 6 nitrogen and oxygen atoms in total. The van der Waals surface area contributed by atoms with Gasteiger partial charge in [0.15, 0.2) is 0 Å². The highest BCUT2D eigenvalue weighted by Gasteiger charge is 2.49. The van der Waals surface area contributed by atoms with E-state index in [1.54, 1.807) is 14.0 Å². The Morgan fingerprint density at radius 2 is 1.89 bits per heavy atom. The number of carbonyl (C=O) groups excluding carboxylic acids is 2. The van der Waals surface area contributed by atoms with E-state index in [1.807, 2.05) is 28.0 Å². The number of methoxy groups -OCH3 is 1. The van der Waals surface area contributed by atoms with Gasteiger partial charge in [-0.1, -0.05) is 30.3 Å². The molecule has 2 heterocycles. The van der Waals surface area contributed by atoms with Gasteiger partial charge in [0.25, 0.3) is 0 Å². The molecule has 2 aliphatic rings. The van der Waals surface area contributed by atoms with Gasteiger partial charge in [0.2, 0.25) is 5.91 Å². The van der Waals surface area contributed by atoms with Crippen LogP contribution in [0.3, 0.4) is 0 Å². The number of nitrogens with one attached hydrogen (secondary N) is 1. The van der Waals surface area contributed by atoms with E-state index in [2.05, 4.69) is 17.4 Å². The summed E-state index contributed by atoms with van der Waals surface area (Å²) >= 11 is 0. The van der Waals surface area contributed by atoms with Crippen LogP contribution >= 0.6 is 0 Å². The van der Waals surface area contributed by atoms with Crippen LogP contribution in [0.15, 0.2) is 30.3 Å². The van der Waals surface area contributed by atoms with Crippen LogP contribution in [-0.2, 0) is 16.0 Å². The van der Waals surface area contributed by atoms with Crippen molar-refractivity contribution >= 4 is 11.9 Å². The van der Waals surface area contributed by atoms with Crippen molar-refractivity contribution in [3.05, 3.63) is 35.9 Å². The van der Waals surface area contributed by atoms with Crippen molar-refractivity contribution in [3.63, 3.8) is 0 Å². The Kier molecular flexibility index (Phi) is 6.37. The molecular formula is C21H31N3O3. The number of benzene rings is 1. The molecule has 2 saturated heterocycles. The first kappa shape index (κ1) is 19.7. The molecule has 1 aromatic rings. The highest BCUT2D eigenvalue weighted by molar-refractivity contribution is 5.74. The fourth-order valence-electron chi connectivity index (χ4n) is 4.50. The molecule has 148 valence electrons. The maximum Gasteiger partial charge on any atom is 0.317 e. The molecule has 0 radical (unpaired) electrons. The lowest BCUT2D eigenvalue weighted by molar-refractivity contribution is -0.128. The summed E-state index contributed by atoms with van der Waals surface area (Å²) in [6.45, 7) is 6.00. The predicted octanol–water partition coefficient (Wildman–Crippen LogP) is 2.15. The molecule has 0 saturated carbocycles. The first-order valence-corrected chi connectivity index (χ1v) is 9.85. The number of rotatable bonds is 5. The van der Waals surface area contributed by atoms with Crippen molar-refractivity contribution in [2.75, 3.05) is 46.4 Å². The summed E-state index contributed by atoms with van der Waals surface area (Å²) in [6.07, 6.45) is 2.70. The largest absolute Gasteiger partial charge is 0.384 e. The van der Waals surface area contributed by atoms with E-state index < -0.39 is 0 Å². The Balaban J connectivity index is 1.49. The molecule has 1 unspecified atom stereocenters. The van der Waals surface area contributed by atoms with Crippen molar-refractivity contribution in [2.24, 2.45) is 11.3 Å². The molecule has 0 aliphatic carbocycles. The van der Waals surface area contributed by atoms with E-state index in [0.29, 0.717) is 19.1 Å². The molecule has 1 N–H and O–H groups in total. The number of urea groups is 1. The second-order valence-corrected chi connectivity index (χ2v) is 7.87. The molecular weight excluding hydrogens is 342 g/mol. The fraction of sp³-hybridized carbons (Fsp3) is 0.619. The van der Waals surface area contributed by atoms with Crippen LogP contribution in [0.2, 0.25) is 0 Å². The van der Waals surface area contributed by atoms with E-state index in [4.69, 9.17) is 4.74 Å². The molecule has 2 aliphatic heterocycles. The lowest BCUT2D eigenvalue weighted by Crippen LogP contribution is -2.50. The second kappa shape index (κ2) is 8.74. The maximum atomic E-state index is 12.5. The Hall–Kier alpha value is -2.08. The molecule has 1 atom stereocenters. The van der Waals surface area contributed by atoms with Crippen LogP contribution in [0.5, 0.6) is 0 Å². The smallest absolute Gasteiger partial charge is 0.317 e. The highest BCUT2D eigenvalue weighted by Crippen LogP contribution is 2.44. The molecule has 27 heavy (non-hydrogen) atoms. The summed E-state index contributed by atoms with van der Waals surface area (Å²) in [4.78, 5) is 28.2. The minimum atomic E-state index is 0.0190. The van der Waals surface area contributed by atoms with E-state index in [9.17, 15) is 9.59 Å². The zero-order valence-electron chi connectivity index (χ0n) is 16.4. The third-order valence-corrected chi connectivity index (χ3v) is 6.20. The number of hydrogen-bond donors (Lipinski definition) is 1. The van der Waals surface area contributed by atoms with Gasteiger partial charge in [0.05, 0.1) is 6.61 Å². The first-order chi connectivity index (χ1) is 13.0. The Morgan fingerprint density at radius 3 is 2.52 bits per heavy atom. The average Bonchev–Trinajstić information content (AvgIpc) is 3.02. The third kappa shape index (κ3) is 4.61. The van der Waals surface area contributed by atoms with E-state index in [-0.39, 0.29) is 17.4 Å². The lowest BCUT2D eigenvalue weighted by Gasteiger charge is -2.42. The minimum Gasteiger partial charge on any atom is -0.384 e. The SMILES string of the molecule is COCC1CN(C(C)=O)CC12CCN(C(=O)NCCc1ccccc1)CC2. The Bertz CT molecular complexity index is 641. The molecule has 6 heteroatoms. The average molecular weight is 373 g/mol. The molecule has 0 bridgehead atoms. The normalized spacial score (nSPS) is 21.5. The van der Waals surface area contributed by atoms with E-state index in [1.165, 1.54) is 5.56 Å². The van der Waals surface area contributed by atoms with Gasteiger partial charge in [-0.25, -0.2) is 4.79 Å². The molecule has 3 rings (SSSR count). The van der Waals surface area contributed by atoms with Gasteiger partial charge in [-0.15, -0.1) is 0 Å². The number of piperidine rings is 1. The van der Waals surface area contributed by atoms with Gasteiger partial charge < -0.3 is 19.9 Å². The first-order valence-electron chi connectivity index (χ1n) is 9.85. The van der Waals surface area contributed by atoms with Crippen molar-refractivity contribution in [1.29, 1.82) is 0 Å². The van der Waals surface area contributed by atoms with Crippen molar-refractivity contribution in [2.45, 2.75) is 26.2 Å². The fourth-order valence-corrected chi connectivity index (χ4v) is 4.50. The topological polar surface area (TPSA) is 61.9 Å². The summed E-state index contributed by atoms with van der Waals surface area (Å²) in [7, 11) is 1.72. The summed E-state index contributed by atoms with van der Waals surface area (Å²) in [5, 5.41) is 3.04. The molecule has 1 aromatic carbocycles. The van der Waals surface area contributed by atoms with Crippen LogP contribution < -0.4 is 5.32 Å². The number of nitrogens with zero attached hydrogens (tertiary/aromatic N) is 2. The molecule has 2 fully saturated rings. The van der Waals surface area contributed by atoms with Crippen molar-refractivity contribution < 1.29 is 14.3 Å². The molecule has 1 spiro atoms. The highest BCUT2D eigenvalue weighted by atomic mass is 16.5. The van der Waals surface area contributed by atoms with Gasteiger partial charge in [-0.3, -0.25) is 4.79 Å². The zero-order chi connectivity index (χ0) is 19.3. The number of carbonyl (C=O) groups is 2. The number of hydrogen-bond acceptors (Lipinski definition) is 3. The van der Waals surface area contributed by atoms with Crippen molar-refractivity contribution in [1.82, 2.24) is 15.1 Å². The predicted molar refractivity (Wildman–Crippen MR) is 104 cm³/mol. The van der Waals surface area contributed by atoms with Gasteiger partial charge in [-0.05, 0) is 30.2 Å². The van der Waals surface area contributed by atoms with Crippen LogP contribution in [0.25, 0.3) is 0 Å². The lowest BCUT2D eigenvalue weighted by atomic mass is 9.71. The summed E-state index contributed by atoms with van der Waals surface area (Å²) in [6, 6.07) is 10.2.